The summed E-state index contributed by atoms with van der Waals surface area (Å²) >= 11 is 0. The van der Waals surface area contributed by atoms with Crippen molar-refractivity contribution in [3.8, 4) is 0 Å². The molecule has 0 aliphatic carbocycles. The van der Waals surface area contributed by atoms with Crippen LogP contribution in [0.15, 0.2) is 46.7 Å². The van der Waals surface area contributed by atoms with Gasteiger partial charge in [-0.3, -0.25) is 12.9 Å². The molecular formula is C18H22NaO11S3Si+. The molecule has 0 saturated carbocycles. The molecule has 0 amide bonds. The van der Waals surface area contributed by atoms with Crippen LogP contribution >= 0.6 is 0 Å². The molecule has 16 heteroatoms. The van der Waals surface area contributed by atoms with Crippen molar-refractivity contribution in [1.82, 2.24) is 0 Å². The Morgan fingerprint density at radius 1 is 1.00 bits per heavy atom. The van der Waals surface area contributed by atoms with Crippen LogP contribution in [-0.4, -0.2) is 63.9 Å². The van der Waals surface area contributed by atoms with E-state index in [1.807, 2.05) is 0 Å². The minimum atomic E-state index is -4.83. The Kier molecular flexibility index (Phi) is 9.54. The van der Waals surface area contributed by atoms with Crippen LogP contribution in [0.5, 0.6) is 0 Å². The van der Waals surface area contributed by atoms with E-state index < -0.39 is 74.5 Å². The van der Waals surface area contributed by atoms with Crippen molar-refractivity contribution in [2.75, 3.05) is 25.6 Å². The van der Waals surface area contributed by atoms with Gasteiger partial charge >= 0.3 is 58.4 Å². The summed E-state index contributed by atoms with van der Waals surface area (Å²) in [5, 5.41) is 1.16. The first kappa shape index (κ1) is 29.4. The minimum absolute atomic E-state index is 0. The Bertz CT molecular complexity index is 1360. The normalized spacial score (nSPS) is 18.0. The van der Waals surface area contributed by atoms with Gasteiger partial charge in [-0.05, 0) is 23.9 Å². The second kappa shape index (κ2) is 11.0. The summed E-state index contributed by atoms with van der Waals surface area (Å²) < 4.78 is 102. The number of hydrogen-bond donors (Lipinski definition) is 1. The van der Waals surface area contributed by atoms with Crippen LogP contribution in [0.4, 0.5) is 0 Å². The predicted molar refractivity (Wildman–Crippen MR) is 122 cm³/mol. The molecule has 11 nitrogen and oxygen atoms in total. The molecule has 2 aromatic carbocycles. The molecule has 0 spiro atoms. The zero-order valence-electron chi connectivity index (χ0n) is 18.6. The second-order valence-corrected chi connectivity index (χ2v) is 15.6. The fraction of sp³-hybridized carbons (Fsp3) is 0.333. The van der Waals surface area contributed by atoms with Crippen molar-refractivity contribution in [2.45, 2.75) is 13.1 Å². The Morgan fingerprint density at radius 2 is 1.56 bits per heavy atom. The summed E-state index contributed by atoms with van der Waals surface area (Å²) in [5.41, 5.74) is 0.128. The molecule has 1 fully saturated rings. The first-order valence-electron chi connectivity index (χ1n) is 9.51. The third kappa shape index (κ3) is 7.33. The molecule has 1 saturated heterocycles. The van der Waals surface area contributed by atoms with Gasteiger partial charge in [0.05, 0.1) is 25.6 Å². The summed E-state index contributed by atoms with van der Waals surface area (Å²) in [6, 6.07) is 11.6. The molecule has 1 N–H and O–H groups in total. The van der Waals surface area contributed by atoms with Gasteiger partial charge in [0.15, 0.2) is 0 Å². The van der Waals surface area contributed by atoms with Gasteiger partial charge in [0.2, 0.25) is 0 Å². The van der Waals surface area contributed by atoms with Gasteiger partial charge in [0, 0.05) is 5.56 Å². The average molecular weight is 562 g/mol. The van der Waals surface area contributed by atoms with E-state index in [9.17, 15) is 25.3 Å². The minimum Gasteiger partial charge on any atom is -0.518 e. The monoisotopic (exact) mass is 561 g/mol. The van der Waals surface area contributed by atoms with Crippen LogP contribution < -0.4 is 29.6 Å². The average Bonchev–Trinajstić information content (AvgIpc) is 2.79. The maximum absolute atomic E-state index is 12.8. The molecule has 0 unspecified atom stereocenters. The van der Waals surface area contributed by atoms with E-state index in [1.54, 1.807) is 36.4 Å². The molecule has 0 aromatic heterocycles. The van der Waals surface area contributed by atoms with Gasteiger partial charge in [-0.1, -0.05) is 42.5 Å². The van der Waals surface area contributed by atoms with E-state index in [-0.39, 0.29) is 35.1 Å². The van der Waals surface area contributed by atoms with Crippen LogP contribution in [0.2, 0.25) is 13.1 Å². The van der Waals surface area contributed by atoms with Gasteiger partial charge < -0.3 is 8.85 Å². The molecule has 2 aromatic rings. The summed E-state index contributed by atoms with van der Waals surface area (Å²) in [4.78, 5) is 0. The van der Waals surface area contributed by atoms with Gasteiger partial charge in [-0.2, -0.15) is 25.3 Å². The van der Waals surface area contributed by atoms with E-state index >= 15 is 0 Å². The van der Waals surface area contributed by atoms with E-state index in [1.165, 1.54) is 19.2 Å². The fourth-order valence-corrected chi connectivity index (χ4v) is 7.83. The van der Waals surface area contributed by atoms with Crippen molar-refractivity contribution in [2.24, 2.45) is 0 Å². The van der Waals surface area contributed by atoms with E-state index in [0.29, 0.717) is 10.8 Å². The third-order valence-electron chi connectivity index (χ3n) is 4.37. The summed E-state index contributed by atoms with van der Waals surface area (Å²) in [7, 11) is -17.4. The topological polar surface area (TPSA) is 160 Å². The standard InChI is InChI=1S/C18H22O11S3Si.Na/c1-33(2,28-12-13-30(19,20)21)29-17(16-9-5-7-14-6-3-4-8-15(14)16)18-31(22,23)26-10-11-27-32(18,24)25;/h3-9H,10-13H2,1-2H3,(H,19,20,21);/q;+1. The zero-order valence-corrected chi connectivity index (χ0v) is 24.1. The summed E-state index contributed by atoms with van der Waals surface area (Å²) in [6.45, 7) is 1.43. The molecule has 34 heavy (non-hydrogen) atoms. The van der Waals surface area contributed by atoms with Gasteiger partial charge in [0.25, 0.3) is 14.4 Å². The molecule has 1 heterocycles. The number of fused-ring (bicyclic) bond motifs is 1. The largest absolute Gasteiger partial charge is 1.00 e. The Morgan fingerprint density at radius 3 is 2.15 bits per heavy atom. The molecule has 0 radical (unpaired) electrons. The number of benzene rings is 2. The number of hydrogen-bond acceptors (Lipinski definition) is 10. The summed E-state index contributed by atoms with van der Waals surface area (Å²) in [6.07, 6.45) is 0. The van der Waals surface area contributed by atoms with Gasteiger partial charge in [-0.15, -0.1) is 0 Å². The molecule has 3 rings (SSSR count). The van der Waals surface area contributed by atoms with Gasteiger partial charge in [0.1, 0.15) is 5.76 Å². The van der Waals surface area contributed by atoms with Crippen LogP contribution in [-0.2, 0) is 47.6 Å². The Labute approximate surface area is 221 Å². The second-order valence-electron chi connectivity index (χ2n) is 7.33. The van der Waals surface area contributed by atoms with Crippen molar-refractivity contribution < 1.29 is 76.6 Å². The molecule has 182 valence electrons. The molecular weight excluding hydrogens is 539 g/mol. The Hall–Kier alpha value is -0.853. The molecule has 0 atom stereocenters. The smallest absolute Gasteiger partial charge is 0.518 e. The summed E-state index contributed by atoms with van der Waals surface area (Å²) in [5.74, 6) is -1.28. The SMILES string of the molecule is C[Si](C)(OCCS(=O)(=O)O)OC(=C1S(=O)(=O)OCCOS1(=O)=O)c1cccc2ccccc12.[Na+]. The van der Waals surface area contributed by atoms with E-state index in [0.717, 1.165) is 0 Å². The van der Waals surface area contributed by atoms with Crippen LogP contribution in [0.3, 0.4) is 0 Å². The fourth-order valence-electron chi connectivity index (χ4n) is 3.04. The van der Waals surface area contributed by atoms with Crippen molar-refractivity contribution >= 4 is 55.4 Å². The number of rotatable bonds is 7. The third-order valence-corrected chi connectivity index (χ3v) is 10.1. The van der Waals surface area contributed by atoms with Crippen LogP contribution in [0.25, 0.3) is 16.5 Å². The molecule has 1 aliphatic heterocycles. The van der Waals surface area contributed by atoms with Crippen molar-refractivity contribution in [3.05, 3.63) is 52.3 Å². The van der Waals surface area contributed by atoms with Crippen LogP contribution in [0.1, 0.15) is 5.56 Å². The first-order chi connectivity index (χ1) is 15.2. The quantitative estimate of drug-likeness (QED) is 0.187. The Balaban J connectivity index is 0.00000408. The zero-order chi connectivity index (χ0) is 24.5. The van der Waals surface area contributed by atoms with Gasteiger partial charge in [-0.25, -0.2) is 0 Å². The van der Waals surface area contributed by atoms with Crippen molar-refractivity contribution in [1.29, 1.82) is 0 Å². The first-order valence-corrected chi connectivity index (χ1v) is 16.8. The van der Waals surface area contributed by atoms with Crippen molar-refractivity contribution in [3.63, 3.8) is 0 Å². The maximum atomic E-state index is 12.8. The maximum Gasteiger partial charge on any atom is 1.00 e. The van der Waals surface area contributed by atoms with Crippen LogP contribution in [0, 0.1) is 0 Å². The van der Waals surface area contributed by atoms with E-state index in [4.69, 9.17) is 21.8 Å². The van der Waals surface area contributed by atoms with E-state index in [2.05, 4.69) is 0 Å². The predicted octanol–water partition coefficient (Wildman–Crippen LogP) is -1.20. The molecule has 1 aliphatic rings. The molecule has 0 bridgehead atoms.